The van der Waals surface area contributed by atoms with Crippen LogP contribution in [0.5, 0.6) is 0 Å². The molecule has 0 heterocycles. The van der Waals surface area contributed by atoms with Crippen LogP contribution in [0.3, 0.4) is 0 Å². The van der Waals surface area contributed by atoms with E-state index in [-0.39, 0.29) is 0 Å². The van der Waals surface area contributed by atoms with E-state index in [0.29, 0.717) is 5.56 Å². The molecule has 0 aromatic heterocycles. The summed E-state index contributed by atoms with van der Waals surface area (Å²) >= 11 is 10.7. The number of carbonyl (C=O) groups excluding carboxylic acids is 2. The average molecular weight is 324 g/mol. The number of amides is 1. The summed E-state index contributed by atoms with van der Waals surface area (Å²) in [5.41, 5.74) is 0.510. The predicted octanol–water partition coefficient (Wildman–Crippen LogP) is 2.18. The summed E-state index contributed by atoms with van der Waals surface area (Å²) in [4.78, 5) is 18.7. The molecular weight excluding hydrogens is 308 g/mol. The third-order valence-corrected chi connectivity index (χ3v) is 2.61. The number of benzene rings is 1. The van der Waals surface area contributed by atoms with Gasteiger partial charge in [0.15, 0.2) is 4.84 Å². The number of nitrogens with one attached hydrogen (secondary N) is 1. The van der Waals surface area contributed by atoms with Crippen molar-refractivity contribution >= 4 is 35.4 Å². The lowest BCUT2D eigenvalue weighted by atomic mass is 10.0. The third-order valence-electron chi connectivity index (χ3n) is 2.21. The van der Waals surface area contributed by atoms with Gasteiger partial charge in [0, 0.05) is 0 Å². The molecule has 2 atom stereocenters. The molecule has 2 unspecified atom stereocenters. The Morgan fingerprint density at radius 3 is 2.30 bits per heavy atom. The minimum absolute atomic E-state index is 0.510. The zero-order valence-corrected chi connectivity index (χ0v) is 12.3. The van der Waals surface area contributed by atoms with Gasteiger partial charge >= 0.3 is 0 Å². The molecule has 0 saturated carbocycles. The van der Waals surface area contributed by atoms with E-state index in [1.54, 1.807) is 30.3 Å². The van der Waals surface area contributed by atoms with Gasteiger partial charge in [-0.05, 0) is 12.5 Å². The molecule has 20 heavy (non-hydrogen) atoms. The molecule has 2 N–H and O–H groups in total. The molecule has 0 spiro atoms. The van der Waals surface area contributed by atoms with E-state index < -0.39 is 29.6 Å². The highest BCUT2D eigenvalue weighted by Gasteiger charge is 2.24. The Morgan fingerprint density at radius 2 is 1.90 bits per heavy atom. The fraction of sp³-hybridized carbons (Fsp3) is 0.385. The van der Waals surface area contributed by atoms with E-state index in [1.807, 2.05) is 0 Å². The fourth-order valence-electron chi connectivity index (χ4n) is 1.33. The summed E-state index contributed by atoms with van der Waals surface area (Å²) in [5, 5.41) is 12.1. The van der Waals surface area contributed by atoms with Crippen LogP contribution in [0.1, 0.15) is 18.6 Å². The zero-order valence-electron chi connectivity index (χ0n) is 10.8. The molecule has 1 amide bonds. The van der Waals surface area contributed by atoms with Crippen molar-refractivity contribution in [1.82, 2.24) is 5.32 Å². The smallest absolute Gasteiger partial charge is 0.253 e. The Labute approximate surface area is 126 Å². The Morgan fingerprint density at radius 1 is 1.40 bits per heavy atom. The first-order chi connectivity index (χ1) is 9.47. The minimum Gasteiger partial charge on any atom is -0.386 e. The van der Waals surface area contributed by atoms with E-state index in [9.17, 15) is 14.3 Å². The van der Waals surface area contributed by atoms with E-state index in [2.05, 4.69) is 5.32 Å². The number of halogens is 3. The highest BCUT2D eigenvalue weighted by atomic mass is 35.5. The fourth-order valence-corrected chi connectivity index (χ4v) is 1.46. The molecule has 0 fully saturated rings. The van der Waals surface area contributed by atoms with Gasteiger partial charge in [0.05, 0.1) is 6.04 Å². The number of rotatable bonds is 5. The quantitative estimate of drug-likeness (QED) is 0.644. The molecule has 0 aliphatic rings. The maximum atomic E-state index is 12.8. The van der Waals surface area contributed by atoms with E-state index in [0.717, 1.165) is 6.29 Å². The van der Waals surface area contributed by atoms with Gasteiger partial charge < -0.3 is 15.2 Å². The molecule has 1 aromatic carbocycles. The molecule has 0 aliphatic heterocycles. The first kappa shape index (κ1) is 18.8. The number of alkyl halides is 3. The summed E-state index contributed by atoms with van der Waals surface area (Å²) in [6.45, 7) is 0.530. The molecule has 0 bridgehead atoms. The van der Waals surface area contributed by atoms with Crippen LogP contribution in [0.25, 0.3) is 0 Å². The Bertz CT molecular complexity index is 404. The van der Waals surface area contributed by atoms with E-state index >= 15 is 0 Å². The maximum absolute atomic E-state index is 12.8. The molecule has 1 aromatic rings. The summed E-state index contributed by atoms with van der Waals surface area (Å²) in [7, 11) is 0. The minimum atomic E-state index is -1.29. The Hall–Kier alpha value is -1.17. The molecule has 0 radical (unpaired) electrons. The van der Waals surface area contributed by atoms with Crippen molar-refractivity contribution in [3.05, 3.63) is 35.9 Å². The third kappa shape index (κ3) is 6.84. The topological polar surface area (TPSA) is 66.4 Å². The van der Waals surface area contributed by atoms with Crippen LogP contribution in [0.2, 0.25) is 0 Å². The Balaban J connectivity index is 0.00000110. The van der Waals surface area contributed by atoms with Crippen LogP contribution in [0.15, 0.2) is 30.3 Å². The van der Waals surface area contributed by atoms with E-state index in [4.69, 9.17) is 28.0 Å². The molecule has 0 saturated heterocycles. The zero-order chi connectivity index (χ0) is 15.5. The SMILES string of the molecule is CC=O.O=C(NC(CF)C(O)c1ccccc1)C(Cl)Cl. The highest BCUT2D eigenvalue weighted by Crippen LogP contribution is 2.17. The molecule has 0 aliphatic carbocycles. The van der Waals surface area contributed by atoms with Gasteiger partial charge in [-0.15, -0.1) is 0 Å². The van der Waals surface area contributed by atoms with Crippen molar-refractivity contribution in [3.8, 4) is 0 Å². The number of aldehydes is 1. The normalized spacial score (nSPS) is 12.9. The Kier molecular flexibility index (Phi) is 9.98. The predicted molar refractivity (Wildman–Crippen MR) is 76.5 cm³/mol. The summed E-state index contributed by atoms with van der Waals surface area (Å²) in [6.07, 6.45) is -0.391. The van der Waals surface area contributed by atoms with Gasteiger partial charge in [-0.1, -0.05) is 53.5 Å². The van der Waals surface area contributed by atoms with Crippen LogP contribution in [-0.2, 0) is 9.59 Å². The summed E-state index contributed by atoms with van der Waals surface area (Å²) in [6, 6.07) is 7.40. The summed E-state index contributed by atoms with van der Waals surface area (Å²) < 4.78 is 12.8. The van der Waals surface area contributed by atoms with Crippen molar-refractivity contribution in [1.29, 1.82) is 0 Å². The molecule has 112 valence electrons. The molecular formula is C13H16Cl2FNO3. The first-order valence-corrected chi connectivity index (χ1v) is 6.62. The monoisotopic (exact) mass is 323 g/mol. The lowest BCUT2D eigenvalue weighted by Crippen LogP contribution is -2.43. The largest absolute Gasteiger partial charge is 0.386 e. The van der Waals surface area contributed by atoms with Crippen LogP contribution < -0.4 is 5.32 Å². The lowest BCUT2D eigenvalue weighted by molar-refractivity contribution is -0.121. The van der Waals surface area contributed by atoms with Gasteiger partial charge in [0.1, 0.15) is 19.1 Å². The van der Waals surface area contributed by atoms with Crippen molar-refractivity contribution in [2.75, 3.05) is 6.67 Å². The number of aliphatic hydroxyl groups excluding tert-OH is 1. The maximum Gasteiger partial charge on any atom is 0.253 e. The number of aliphatic hydroxyl groups is 1. The molecule has 4 nitrogen and oxygen atoms in total. The van der Waals surface area contributed by atoms with Crippen LogP contribution >= 0.6 is 23.2 Å². The lowest BCUT2D eigenvalue weighted by Gasteiger charge is -2.22. The van der Waals surface area contributed by atoms with Crippen molar-refractivity contribution < 1.29 is 19.1 Å². The standard InChI is InChI=1S/C11H12Cl2FNO2.C2H4O/c12-10(13)11(17)15-8(6-14)9(16)7-4-2-1-3-5-7;1-2-3/h1-5,8-10,16H,6H2,(H,15,17);2H,1H3. The molecule has 7 heteroatoms. The van der Waals surface area contributed by atoms with Crippen molar-refractivity contribution in [3.63, 3.8) is 0 Å². The number of hydrogen-bond acceptors (Lipinski definition) is 3. The first-order valence-electron chi connectivity index (χ1n) is 5.75. The van der Waals surface area contributed by atoms with Crippen LogP contribution in [0.4, 0.5) is 4.39 Å². The second kappa shape index (κ2) is 10.6. The van der Waals surface area contributed by atoms with Crippen molar-refractivity contribution in [2.24, 2.45) is 0 Å². The van der Waals surface area contributed by atoms with Gasteiger partial charge in [-0.25, -0.2) is 4.39 Å². The van der Waals surface area contributed by atoms with Crippen LogP contribution in [-0.4, -0.2) is 34.9 Å². The van der Waals surface area contributed by atoms with Crippen LogP contribution in [0, 0.1) is 0 Å². The molecule has 1 rings (SSSR count). The summed E-state index contributed by atoms with van der Waals surface area (Å²) in [5.74, 6) is -0.731. The second-order valence-electron chi connectivity index (χ2n) is 3.66. The van der Waals surface area contributed by atoms with Crippen molar-refractivity contribution in [2.45, 2.75) is 23.9 Å². The average Bonchev–Trinajstić information content (AvgIpc) is 2.45. The number of hydrogen-bond donors (Lipinski definition) is 2. The highest BCUT2D eigenvalue weighted by molar-refractivity contribution is 6.53. The second-order valence-corrected chi connectivity index (χ2v) is 4.76. The van der Waals surface area contributed by atoms with Gasteiger partial charge in [-0.3, -0.25) is 4.79 Å². The van der Waals surface area contributed by atoms with Gasteiger partial charge in [0.2, 0.25) is 0 Å². The van der Waals surface area contributed by atoms with Gasteiger partial charge in [-0.2, -0.15) is 0 Å². The number of carbonyl (C=O) groups is 2. The van der Waals surface area contributed by atoms with E-state index in [1.165, 1.54) is 6.92 Å². The van der Waals surface area contributed by atoms with Gasteiger partial charge in [0.25, 0.3) is 5.91 Å².